The third-order valence-electron chi connectivity index (χ3n) is 2.01. The summed E-state index contributed by atoms with van der Waals surface area (Å²) in [4.78, 5) is 11.3. The summed E-state index contributed by atoms with van der Waals surface area (Å²) in [6.45, 7) is 2.18. The van der Waals surface area contributed by atoms with E-state index in [1.54, 1.807) is 31.2 Å². The van der Waals surface area contributed by atoms with E-state index in [0.717, 1.165) is 0 Å². The van der Waals surface area contributed by atoms with Crippen LogP contribution >= 0.6 is 11.6 Å². The first-order chi connectivity index (χ1) is 8.08. The summed E-state index contributed by atoms with van der Waals surface area (Å²) in [7, 11) is 0. The van der Waals surface area contributed by atoms with Crippen molar-refractivity contribution >= 4 is 17.5 Å². The van der Waals surface area contributed by atoms with Crippen LogP contribution in [-0.4, -0.2) is 30.3 Å². The number of benzene rings is 1. The zero-order valence-electron chi connectivity index (χ0n) is 9.65. The maximum Gasteiger partial charge on any atom is 0.223 e. The molecule has 1 aromatic carbocycles. The van der Waals surface area contributed by atoms with E-state index >= 15 is 0 Å². The second-order valence-electron chi connectivity index (χ2n) is 3.71. The number of aliphatic hydroxyl groups is 1. The first-order valence-electron chi connectivity index (χ1n) is 5.41. The number of carbonyl (C=O) groups excluding carboxylic acids is 1. The van der Waals surface area contributed by atoms with Crippen LogP contribution in [-0.2, 0) is 4.79 Å². The number of ether oxygens (including phenoxy) is 1. The highest BCUT2D eigenvalue weighted by molar-refractivity contribution is 6.30. The molecule has 0 bridgehead atoms. The van der Waals surface area contributed by atoms with Crippen LogP contribution in [0.25, 0.3) is 0 Å². The molecule has 0 saturated heterocycles. The van der Waals surface area contributed by atoms with Crippen molar-refractivity contribution in [3.63, 3.8) is 0 Å². The number of carbonyl (C=O) groups is 1. The van der Waals surface area contributed by atoms with Gasteiger partial charge in [0.2, 0.25) is 5.91 Å². The Morgan fingerprint density at radius 3 is 2.71 bits per heavy atom. The molecule has 0 aliphatic carbocycles. The van der Waals surface area contributed by atoms with Gasteiger partial charge in [0.25, 0.3) is 0 Å². The van der Waals surface area contributed by atoms with Crippen LogP contribution in [0, 0.1) is 0 Å². The van der Waals surface area contributed by atoms with E-state index in [0.29, 0.717) is 17.4 Å². The molecule has 0 heterocycles. The predicted octanol–water partition coefficient (Wildman–Crippen LogP) is 1.61. The fourth-order valence-corrected chi connectivity index (χ4v) is 1.27. The van der Waals surface area contributed by atoms with E-state index in [4.69, 9.17) is 21.4 Å². The van der Waals surface area contributed by atoms with Gasteiger partial charge in [-0.3, -0.25) is 4.79 Å². The molecular weight excluding hydrogens is 242 g/mol. The quantitative estimate of drug-likeness (QED) is 0.814. The van der Waals surface area contributed by atoms with Crippen LogP contribution in [0.15, 0.2) is 24.3 Å². The van der Waals surface area contributed by atoms with Gasteiger partial charge in [-0.05, 0) is 31.2 Å². The van der Waals surface area contributed by atoms with Crippen molar-refractivity contribution < 1.29 is 14.6 Å². The molecule has 94 valence electrons. The van der Waals surface area contributed by atoms with Crippen LogP contribution in [0.4, 0.5) is 0 Å². The monoisotopic (exact) mass is 257 g/mol. The largest absolute Gasteiger partial charge is 0.493 e. The van der Waals surface area contributed by atoms with Gasteiger partial charge in [-0.2, -0.15) is 0 Å². The van der Waals surface area contributed by atoms with E-state index in [-0.39, 0.29) is 18.9 Å². The van der Waals surface area contributed by atoms with Gasteiger partial charge in [-0.15, -0.1) is 0 Å². The summed E-state index contributed by atoms with van der Waals surface area (Å²) >= 11 is 5.72. The van der Waals surface area contributed by atoms with Crippen molar-refractivity contribution in [1.82, 2.24) is 5.32 Å². The van der Waals surface area contributed by atoms with Crippen molar-refractivity contribution in [2.45, 2.75) is 19.4 Å². The van der Waals surface area contributed by atoms with Crippen molar-refractivity contribution in [3.05, 3.63) is 29.3 Å². The number of halogens is 1. The Morgan fingerprint density at radius 2 is 2.12 bits per heavy atom. The number of hydrogen-bond donors (Lipinski definition) is 2. The van der Waals surface area contributed by atoms with E-state index in [2.05, 4.69) is 5.32 Å². The Morgan fingerprint density at radius 1 is 1.47 bits per heavy atom. The summed E-state index contributed by atoms with van der Waals surface area (Å²) < 4.78 is 5.36. The van der Waals surface area contributed by atoms with Crippen molar-refractivity contribution in [1.29, 1.82) is 0 Å². The molecule has 17 heavy (non-hydrogen) atoms. The summed E-state index contributed by atoms with van der Waals surface area (Å²) in [6, 6.07) is 6.95. The highest BCUT2D eigenvalue weighted by atomic mass is 35.5. The smallest absolute Gasteiger partial charge is 0.223 e. The van der Waals surface area contributed by atoms with Gasteiger partial charge >= 0.3 is 0 Å². The Hall–Kier alpha value is -1.26. The number of aliphatic hydroxyl groups excluding tert-OH is 1. The van der Waals surface area contributed by atoms with Gasteiger partial charge < -0.3 is 15.2 Å². The number of hydrogen-bond acceptors (Lipinski definition) is 3. The topological polar surface area (TPSA) is 58.6 Å². The van der Waals surface area contributed by atoms with E-state index < -0.39 is 6.10 Å². The normalized spacial score (nSPS) is 11.9. The van der Waals surface area contributed by atoms with E-state index in [1.807, 2.05) is 0 Å². The van der Waals surface area contributed by atoms with Crippen molar-refractivity contribution in [3.8, 4) is 5.75 Å². The number of nitrogens with one attached hydrogen (secondary N) is 1. The molecule has 0 fully saturated rings. The summed E-state index contributed by atoms with van der Waals surface area (Å²) in [5.41, 5.74) is 0. The van der Waals surface area contributed by atoms with Gasteiger partial charge in [0.15, 0.2) is 0 Å². The first kappa shape index (κ1) is 13.8. The minimum Gasteiger partial charge on any atom is -0.493 e. The molecule has 0 aliphatic rings. The standard InChI is InChI=1S/C12H16ClNO3/c1-9(15)8-14-12(16)6-7-17-11-4-2-10(13)3-5-11/h2-5,9,15H,6-8H2,1H3,(H,14,16). The molecular formula is C12H16ClNO3. The lowest BCUT2D eigenvalue weighted by Crippen LogP contribution is -2.31. The summed E-state index contributed by atoms with van der Waals surface area (Å²) in [5.74, 6) is 0.539. The maximum atomic E-state index is 11.3. The van der Waals surface area contributed by atoms with E-state index in [9.17, 15) is 4.79 Å². The SMILES string of the molecule is CC(O)CNC(=O)CCOc1ccc(Cl)cc1. The lowest BCUT2D eigenvalue weighted by molar-refractivity contribution is -0.122. The minimum atomic E-state index is -0.531. The molecule has 1 unspecified atom stereocenters. The number of rotatable bonds is 6. The average molecular weight is 258 g/mol. The third-order valence-corrected chi connectivity index (χ3v) is 2.26. The van der Waals surface area contributed by atoms with Gasteiger partial charge in [-0.25, -0.2) is 0 Å². The lowest BCUT2D eigenvalue weighted by atomic mass is 10.3. The van der Waals surface area contributed by atoms with Crippen LogP contribution in [0.2, 0.25) is 5.02 Å². The Balaban J connectivity index is 2.19. The minimum absolute atomic E-state index is 0.139. The summed E-state index contributed by atoms with van der Waals surface area (Å²) in [6.07, 6.45) is -0.272. The molecule has 1 amide bonds. The van der Waals surface area contributed by atoms with Crippen LogP contribution in [0.5, 0.6) is 5.75 Å². The molecule has 2 N–H and O–H groups in total. The van der Waals surface area contributed by atoms with Crippen LogP contribution in [0.1, 0.15) is 13.3 Å². The fraction of sp³-hybridized carbons (Fsp3) is 0.417. The van der Waals surface area contributed by atoms with Crippen LogP contribution in [0.3, 0.4) is 0 Å². The van der Waals surface area contributed by atoms with Crippen molar-refractivity contribution in [2.75, 3.05) is 13.2 Å². The second-order valence-corrected chi connectivity index (χ2v) is 4.14. The molecule has 4 nitrogen and oxygen atoms in total. The Labute approximate surface area is 106 Å². The Kier molecular flexibility index (Phi) is 5.80. The molecule has 0 spiro atoms. The van der Waals surface area contributed by atoms with E-state index in [1.165, 1.54) is 0 Å². The predicted molar refractivity (Wildman–Crippen MR) is 66.3 cm³/mol. The number of amides is 1. The van der Waals surface area contributed by atoms with Gasteiger partial charge in [0, 0.05) is 11.6 Å². The van der Waals surface area contributed by atoms with Crippen molar-refractivity contribution in [2.24, 2.45) is 0 Å². The van der Waals surface area contributed by atoms with Gasteiger partial charge in [0.05, 0.1) is 19.1 Å². The molecule has 1 rings (SSSR count). The Bertz CT molecular complexity index is 351. The molecule has 1 atom stereocenters. The van der Waals surface area contributed by atoms with Crippen LogP contribution < -0.4 is 10.1 Å². The first-order valence-corrected chi connectivity index (χ1v) is 5.79. The molecule has 5 heteroatoms. The molecule has 0 radical (unpaired) electrons. The zero-order chi connectivity index (χ0) is 12.7. The van der Waals surface area contributed by atoms with Gasteiger partial charge in [0.1, 0.15) is 5.75 Å². The second kappa shape index (κ2) is 7.14. The highest BCUT2D eigenvalue weighted by Crippen LogP contribution is 2.15. The molecule has 1 aromatic rings. The third kappa shape index (κ3) is 6.14. The van der Waals surface area contributed by atoms with Gasteiger partial charge in [-0.1, -0.05) is 11.6 Å². The molecule has 0 aromatic heterocycles. The average Bonchev–Trinajstić information content (AvgIpc) is 2.29. The zero-order valence-corrected chi connectivity index (χ0v) is 10.4. The lowest BCUT2D eigenvalue weighted by Gasteiger charge is -2.08. The molecule has 0 saturated carbocycles. The highest BCUT2D eigenvalue weighted by Gasteiger charge is 2.03. The summed E-state index contributed by atoms with van der Waals surface area (Å²) in [5, 5.41) is 12.2. The molecule has 0 aliphatic heterocycles. The fourth-order valence-electron chi connectivity index (χ4n) is 1.14. The maximum absolute atomic E-state index is 11.3.